The van der Waals surface area contributed by atoms with Gasteiger partial charge >= 0.3 is 6.03 Å². The SMILES string of the molecule is CCCN(C[C@]1(O)CC[C@H]2c3ccc(cc3C(=O)Cc3c(F)cccc3Cl)C[C@@H](O)CCC(C)=CCC[C@@]21C)C(=O)Nc1ccc(OC)cc1. The van der Waals surface area contributed by atoms with E-state index in [1.54, 1.807) is 42.3 Å². The van der Waals surface area contributed by atoms with Crippen LogP contribution in [0.25, 0.3) is 0 Å². The number of aliphatic hydroxyl groups excluding tert-OH is 1. The van der Waals surface area contributed by atoms with Gasteiger partial charge in [-0.3, -0.25) is 4.79 Å². The fourth-order valence-corrected chi connectivity index (χ4v) is 8.14. The zero-order valence-electron chi connectivity index (χ0n) is 29.6. The van der Waals surface area contributed by atoms with Gasteiger partial charge in [0.2, 0.25) is 0 Å². The predicted octanol–water partition coefficient (Wildman–Crippen LogP) is 8.90. The molecule has 2 amide bonds. The Morgan fingerprint density at radius 3 is 2.56 bits per heavy atom. The Morgan fingerprint density at radius 1 is 1.10 bits per heavy atom. The van der Waals surface area contributed by atoms with Crippen LogP contribution in [-0.2, 0) is 12.8 Å². The van der Waals surface area contributed by atoms with Crippen LogP contribution in [0.2, 0.25) is 5.02 Å². The number of ether oxygens (including phenoxy) is 1. The summed E-state index contributed by atoms with van der Waals surface area (Å²) in [7, 11) is 1.59. The van der Waals surface area contributed by atoms with Gasteiger partial charge in [-0.2, -0.15) is 0 Å². The third-order valence-electron chi connectivity index (χ3n) is 10.9. The van der Waals surface area contributed by atoms with E-state index in [1.807, 2.05) is 25.1 Å². The highest BCUT2D eigenvalue weighted by Crippen LogP contribution is 2.59. The first-order valence-corrected chi connectivity index (χ1v) is 18.1. The lowest BCUT2D eigenvalue weighted by molar-refractivity contribution is -0.0763. The summed E-state index contributed by atoms with van der Waals surface area (Å²) >= 11 is 6.36. The molecule has 7 nitrogen and oxygen atoms in total. The van der Waals surface area contributed by atoms with E-state index >= 15 is 0 Å². The molecule has 0 radical (unpaired) electrons. The summed E-state index contributed by atoms with van der Waals surface area (Å²) in [4.78, 5) is 29.6. The molecule has 0 saturated heterocycles. The van der Waals surface area contributed by atoms with Crippen LogP contribution in [0.15, 0.2) is 72.3 Å². The van der Waals surface area contributed by atoms with Crippen LogP contribution in [0, 0.1) is 11.2 Å². The number of hydrogen-bond acceptors (Lipinski definition) is 5. The lowest BCUT2D eigenvalue weighted by Crippen LogP contribution is -2.54. The molecule has 2 bridgehead atoms. The molecular formula is C41H50ClFN2O5. The Labute approximate surface area is 300 Å². The molecule has 4 atom stereocenters. The van der Waals surface area contributed by atoms with Gasteiger partial charge in [0.05, 0.1) is 25.4 Å². The number of nitrogens with one attached hydrogen (secondary N) is 1. The molecule has 268 valence electrons. The number of rotatable bonds is 9. The highest BCUT2D eigenvalue weighted by atomic mass is 35.5. The van der Waals surface area contributed by atoms with E-state index in [9.17, 15) is 24.2 Å². The van der Waals surface area contributed by atoms with Crippen molar-refractivity contribution >= 4 is 29.1 Å². The molecular weight excluding hydrogens is 655 g/mol. The van der Waals surface area contributed by atoms with Crippen LogP contribution in [0.4, 0.5) is 14.9 Å². The second kappa shape index (κ2) is 16.1. The Balaban J connectivity index is 1.53. The van der Waals surface area contributed by atoms with Crippen molar-refractivity contribution in [2.24, 2.45) is 5.41 Å². The number of fused-ring (bicyclic) bond motifs is 8. The summed E-state index contributed by atoms with van der Waals surface area (Å²) in [6.45, 7) is 6.74. The number of ketones is 1. The molecule has 0 unspecified atom stereocenters. The number of anilines is 1. The maximum atomic E-state index is 14.9. The molecule has 0 aliphatic heterocycles. The van der Waals surface area contributed by atoms with Crippen LogP contribution < -0.4 is 10.1 Å². The second-order valence-electron chi connectivity index (χ2n) is 14.3. The van der Waals surface area contributed by atoms with E-state index in [0.29, 0.717) is 68.5 Å². The molecule has 6 rings (SSSR count). The van der Waals surface area contributed by atoms with Crippen LogP contribution in [0.3, 0.4) is 0 Å². The monoisotopic (exact) mass is 704 g/mol. The van der Waals surface area contributed by atoms with Crippen molar-refractivity contribution in [1.29, 1.82) is 0 Å². The lowest BCUT2D eigenvalue weighted by atomic mass is 9.64. The summed E-state index contributed by atoms with van der Waals surface area (Å²) in [6.07, 6.45) is 6.13. The Kier molecular flexibility index (Phi) is 12.1. The first kappa shape index (κ1) is 37.5. The average Bonchev–Trinajstić information content (AvgIpc) is 3.34. The first-order chi connectivity index (χ1) is 23.9. The standard InChI is InChI=1S/C41H50ClFN2O5/c1-5-22-45(39(48)44-29-13-16-31(50-4)17-14-29)26-41(49)21-19-35-32-18-12-28(23-30(46)15-11-27(2)8-7-20-40(35,41)3)24-33(32)38(47)25-34-36(42)9-6-10-37(34)43/h6,8-10,12-14,16-18,24,30,35,46,49H,5,7,11,15,19-23,25-26H2,1-4H3,(H,44,48)/t30-,35-,40-,41+/m0/s1. The van der Waals surface area contributed by atoms with E-state index in [0.717, 1.165) is 17.5 Å². The number of carbonyl (C=O) groups excluding carboxylic acids is 2. The van der Waals surface area contributed by atoms with Crippen molar-refractivity contribution in [2.75, 3.05) is 25.5 Å². The van der Waals surface area contributed by atoms with Gasteiger partial charge in [0.25, 0.3) is 0 Å². The number of halogens is 2. The minimum absolute atomic E-state index is 0.122. The Morgan fingerprint density at radius 2 is 1.86 bits per heavy atom. The quantitative estimate of drug-likeness (QED) is 0.153. The molecule has 1 fully saturated rings. The van der Waals surface area contributed by atoms with Gasteiger partial charge in [0.1, 0.15) is 11.6 Å². The van der Waals surface area contributed by atoms with Crippen molar-refractivity contribution in [3.63, 3.8) is 0 Å². The molecule has 3 aromatic rings. The third kappa shape index (κ3) is 8.25. The van der Waals surface area contributed by atoms with E-state index in [4.69, 9.17) is 16.3 Å². The van der Waals surface area contributed by atoms with Crippen molar-refractivity contribution in [3.8, 4) is 5.75 Å². The number of Topliss-reactive ketones (excluding diaryl/α,β-unsaturated/α-hetero) is 1. The van der Waals surface area contributed by atoms with E-state index < -0.39 is 22.9 Å². The highest BCUT2D eigenvalue weighted by Gasteiger charge is 2.57. The van der Waals surface area contributed by atoms with Gasteiger partial charge < -0.3 is 25.2 Å². The average molecular weight is 705 g/mol. The number of aliphatic hydroxyl groups is 2. The van der Waals surface area contributed by atoms with Crippen LogP contribution in [0.5, 0.6) is 5.75 Å². The molecule has 3 aromatic carbocycles. The smallest absolute Gasteiger partial charge is 0.321 e. The van der Waals surface area contributed by atoms with Gasteiger partial charge in [-0.05, 0) is 118 Å². The molecule has 0 spiro atoms. The number of allylic oxidation sites excluding steroid dienone is 2. The van der Waals surface area contributed by atoms with Gasteiger partial charge in [-0.15, -0.1) is 0 Å². The minimum Gasteiger partial charge on any atom is -0.497 e. The number of carbonyl (C=O) groups is 2. The number of methoxy groups -OCH3 is 1. The largest absolute Gasteiger partial charge is 0.497 e. The number of nitrogens with zero attached hydrogens (tertiary/aromatic N) is 1. The Hall–Kier alpha value is -3.72. The summed E-state index contributed by atoms with van der Waals surface area (Å²) in [5.74, 6) is -0.348. The maximum Gasteiger partial charge on any atom is 0.321 e. The first-order valence-electron chi connectivity index (χ1n) is 17.7. The van der Waals surface area contributed by atoms with Gasteiger partial charge in [0, 0.05) is 40.2 Å². The van der Waals surface area contributed by atoms with E-state index in [2.05, 4.69) is 25.2 Å². The van der Waals surface area contributed by atoms with Crippen molar-refractivity contribution < 1.29 is 28.9 Å². The van der Waals surface area contributed by atoms with Crippen LogP contribution in [0.1, 0.15) is 98.7 Å². The number of benzene rings is 3. The summed E-state index contributed by atoms with van der Waals surface area (Å²) < 4.78 is 20.2. The van der Waals surface area contributed by atoms with Crippen molar-refractivity contribution in [3.05, 3.63) is 105 Å². The summed E-state index contributed by atoms with van der Waals surface area (Å²) in [5.41, 5.74) is 2.03. The van der Waals surface area contributed by atoms with E-state index in [-0.39, 0.29) is 41.3 Å². The third-order valence-corrected chi connectivity index (χ3v) is 11.3. The topological polar surface area (TPSA) is 99.1 Å². The molecule has 1 saturated carbocycles. The molecule has 0 heterocycles. The predicted molar refractivity (Wildman–Crippen MR) is 197 cm³/mol. The zero-order valence-corrected chi connectivity index (χ0v) is 30.4. The molecule has 50 heavy (non-hydrogen) atoms. The molecule has 3 aliphatic carbocycles. The maximum absolute atomic E-state index is 14.9. The molecule has 3 aliphatic rings. The number of hydrogen-bond donors (Lipinski definition) is 3. The molecule has 3 N–H and O–H groups in total. The number of amides is 2. The zero-order chi connectivity index (χ0) is 36.1. The number of urea groups is 1. The van der Waals surface area contributed by atoms with Crippen molar-refractivity contribution in [2.45, 2.75) is 96.2 Å². The normalized spacial score (nSPS) is 23.8. The minimum atomic E-state index is -1.27. The molecule has 0 aromatic heterocycles. The van der Waals surface area contributed by atoms with Crippen LogP contribution in [-0.4, -0.2) is 58.8 Å². The Bertz CT molecular complexity index is 1690. The fourth-order valence-electron chi connectivity index (χ4n) is 7.91. The lowest BCUT2D eigenvalue weighted by Gasteiger charge is -2.46. The van der Waals surface area contributed by atoms with Gasteiger partial charge in [0.15, 0.2) is 5.78 Å². The fraction of sp³-hybridized carbons (Fsp3) is 0.463. The van der Waals surface area contributed by atoms with Crippen molar-refractivity contribution in [1.82, 2.24) is 4.90 Å². The van der Waals surface area contributed by atoms with Gasteiger partial charge in [-0.25, -0.2) is 9.18 Å². The molecule has 9 heteroatoms. The second-order valence-corrected chi connectivity index (χ2v) is 14.7. The van der Waals surface area contributed by atoms with E-state index in [1.165, 1.54) is 17.7 Å². The summed E-state index contributed by atoms with van der Waals surface area (Å²) in [6, 6.07) is 17.0. The van der Waals surface area contributed by atoms with Gasteiger partial charge in [-0.1, -0.05) is 55.3 Å². The van der Waals surface area contributed by atoms with Crippen LogP contribution >= 0.6 is 11.6 Å². The summed E-state index contributed by atoms with van der Waals surface area (Å²) in [5, 5.41) is 26.9. The highest BCUT2D eigenvalue weighted by molar-refractivity contribution is 6.31.